The first-order valence-corrected chi connectivity index (χ1v) is 6.69. The number of fused-ring (bicyclic) bond motifs is 1. The first-order valence-electron chi connectivity index (χ1n) is 6.69. The summed E-state index contributed by atoms with van der Waals surface area (Å²) in [5.41, 5.74) is 6.94. The van der Waals surface area contributed by atoms with E-state index in [1.54, 1.807) is 26.1 Å². The molecule has 0 saturated heterocycles. The smallest absolute Gasteiger partial charge is 0.251 e. The summed E-state index contributed by atoms with van der Waals surface area (Å²) >= 11 is 0. The Morgan fingerprint density at radius 2 is 2.18 bits per heavy atom. The lowest BCUT2D eigenvalue weighted by Gasteiger charge is -2.19. The van der Waals surface area contributed by atoms with Crippen LogP contribution < -0.4 is 20.1 Å². The lowest BCUT2D eigenvalue weighted by atomic mass is 10.1. The van der Waals surface area contributed by atoms with Gasteiger partial charge in [0.05, 0.1) is 18.4 Å². The topological polar surface area (TPSA) is 104 Å². The summed E-state index contributed by atoms with van der Waals surface area (Å²) in [5.74, 6) is 1.55. The zero-order chi connectivity index (χ0) is 15.9. The molecular weight excluding hydrogens is 288 g/mol. The molecule has 1 aromatic carbocycles. The van der Waals surface area contributed by atoms with Crippen molar-refractivity contribution in [2.75, 3.05) is 25.7 Å². The van der Waals surface area contributed by atoms with Crippen LogP contribution in [0.2, 0.25) is 0 Å². The molecule has 1 aromatic heterocycles. The Morgan fingerprint density at radius 3 is 2.82 bits per heavy atom. The van der Waals surface area contributed by atoms with Gasteiger partial charge in [0.25, 0.3) is 5.89 Å². The highest BCUT2D eigenvalue weighted by Crippen LogP contribution is 2.40. The van der Waals surface area contributed by atoms with Crippen LogP contribution in [0.4, 0.5) is 5.69 Å². The third-order valence-electron chi connectivity index (χ3n) is 3.47. The fraction of sp³-hybridized carbons (Fsp3) is 0.357. The minimum atomic E-state index is -0.711. The van der Waals surface area contributed by atoms with E-state index in [1.165, 1.54) is 12.0 Å². The highest BCUT2D eigenvalue weighted by atomic mass is 16.5. The number of nitrogens with two attached hydrogens (primary N) is 1. The molecule has 1 aliphatic rings. The van der Waals surface area contributed by atoms with Crippen molar-refractivity contribution in [1.82, 2.24) is 10.2 Å². The number of likely N-dealkylation sites (N-methyl/N-ethyl adjacent to an activating group) is 1. The number of amides is 1. The van der Waals surface area contributed by atoms with Gasteiger partial charge in [-0.1, -0.05) is 0 Å². The average Bonchev–Trinajstić information content (AvgIpc) is 2.92. The molecule has 1 unspecified atom stereocenters. The van der Waals surface area contributed by atoms with E-state index >= 15 is 0 Å². The lowest BCUT2D eigenvalue weighted by molar-refractivity contribution is -0.119. The van der Waals surface area contributed by atoms with Crippen LogP contribution in [0.15, 0.2) is 16.5 Å². The van der Waals surface area contributed by atoms with Crippen LogP contribution in [0.25, 0.3) is 11.5 Å². The van der Waals surface area contributed by atoms with E-state index in [1.807, 2.05) is 0 Å². The zero-order valence-corrected chi connectivity index (χ0v) is 12.5. The molecule has 2 N–H and O–H groups in total. The normalized spacial score (nSPS) is 17.7. The Labute approximate surface area is 126 Å². The van der Waals surface area contributed by atoms with E-state index < -0.39 is 6.04 Å². The summed E-state index contributed by atoms with van der Waals surface area (Å²) in [7, 11) is 3.18. The van der Waals surface area contributed by atoms with Gasteiger partial charge >= 0.3 is 0 Å². The van der Waals surface area contributed by atoms with Crippen LogP contribution in [-0.2, 0) is 4.79 Å². The van der Waals surface area contributed by atoms with Crippen LogP contribution in [-0.4, -0.2) is 42.9 Å². The second-order valence-electron chi connectivity index (χ2n) is 4.96. The van der Waals surface area contributed by atoms with Crippen LogP contribution in [0.5, 0.6) is 11.5 Å². The molecular formula is C14H16N4O4. The number of hydrogen-bond donors (Lipinski definition) is 1. The summed E-state index contributed by atoms with van der Waals surface area (Å²) < 4.78 is 16.4. The summed E-state index contributed by atoms with van der Waals surface area (Å²) in [4.78, 5) is 13.6. The predicted molar refractivity (Wildman–Crippen MR) is 77.9 cm³/mol. The fourth-order valence-electron chi connectivity index (χ4n) is 2.29. The number of hydrogen-bond acceptors (Lipinski definition) is 7. The molecule has 116 valence electrons. The molecule has 0 spiro atoms. The maximum absolute atomic E-state index is 12.2. The van der Waals surface area contributed by atoms with Crippen molar-refractivity contribution in [3.63, 3.8) is 0 Å². The van der Waals surface area contributed by atoms with Crippen molar-refractivity contribution < 1.29 is 18.7 Å². The maximum Gasteiger partial charge on any atom is 0.251 e. The maximum atomic E-state index is 12.2. The molecule has 3 rings (SSSR count). The van der Waals surface area contributed by atoms with Gasteiger partial charge in [-0.05, 0) is 6.07 Å². The van der Waals surface area contributed by atoms with Gasteiger partial charge in [-0.25, -0.2) is 0 Å². The summed E-state index contributed by atoms with van der Waals surface area (Å²) in [6.45, 7) is 1.81. The minimum absolute atomic E-state index is 0.109. The van der Waals surface area contributed by atoms with Crippen LogP contribution in [0, 0.1) is 6.92 Å². The van der Waals surface area contributed by atoms with Gasteiger partial charge in [-0.2, -0.15) is 0 Å². The highest BCUT2D eigenvalue weighted by molar-refractivity contribution is 5.99. The monoisotopic (exact) mass is 304 g/mol. The molecule has 0 aliphatic carbocycles. The van der Waals surface area contributed by atoms with Gasteiger partial charge in [0.15, 0.2) is 0 Å². The number of methoxy groups -OCH3 is 1. The second-order valence-corrected chi connectivity index (χ2v) is 4.96. The Hall–Kier alpha value is -2.61. The fourth-order valence-corrected chi connectivity index (χ4v) is 2.29. The van der Waals surface area contributed by atoms with Gasteiger partial charge in [0.1, 0.15) is 24.1 Å². The summed E-state index contributed by atoms with van der Waals surface area (Å²) in [6.07, 6.45) is 0. The SMILES string of the molecule is COc1cc2c(cc1-c1nnc(C)o1)N(C)C(=O)C(N)CO2. The Morgan fingerprint density at radius 1 is 1.41 bits per heavy atom. The molecule has 2 heterocycles. The zero-order valence-electron chi connectivity index (χ0n) is 12.5. The molecule has 1 atom stereocenters. The number of aromatic nitrogens is 2. The number of anilines is 1. The minimum Gasteiger partial charge on any atom is -0.496 e. The van der Waals surface area contributed by atoms with Crippen molar-refractivity contribution in [3.8, 4) is 23.0 Å². The Kier molecular flexibility index (Phi) is 3.45. The number of ether oxygens (including phenoxy) is 2. The summed E-state index contributed by atoms with van der Waals surface area (Å²) in [5, 5.41) is 7.80. The molecule has 1 amide bonds. The molecule has 8 nitrogen and oxygen atoms in total. The molecule has 8 heteroatoms. The van der Waals surface area contributed by atoms with Crippen LogP contribution in [0.3, 0.4) is 0 Å². The quantitative estimate of drug-likeness (QED) is 0.872. The average molecular weight is 304 g/mol. The number of nitrogens with zero attached hydrogens (tertiary/aromatic N) is 3. The van der Waals surface area contributed by atoms with E-state index in [9.17, 15) is 4.79 Å². The van der Waals surface area contributed by atoms with E-state index in [2.05, 4.69) is 10.2 Å². The van der Waals surface area contributed by atoms with Gasteiger partial charge in [0, 0.05) is 20.0 Å². The Bertz CT molecular complexity index is 728. The van der Waals surface area contributed by atoms with Gasteiger partial charge < -0.3 is 24.5 Å². The van der Waals surface area contributed by atoms with Crippen molar-refractivity contribution in [2.24, 2.45) is 5.73 Å². The molecule has 1 aliphatic heterocycles. The molecule has 22 heavy (non-hydrogen) atoms. The molecule has 0 saturated carbocycles. The van der Waals surface area contributed by atoms with Crippen LogP contribution >= 0.6 is 0 Å². The molecule has 2 aromatic rings. The number of carbonyl (C=O) groups excluding carboxylic acids is 1. The third-order valence-corrected chi connectivity index (χ3v) is 3.47. The second kappa shape index (κ2) is 5.30. The largest absolute Gasteiger partial charge is 0.496 e. The predicted octanol–water partition coefficient (Wildman–Crippen LogP) is 0.736. The van der Waals surface area contributed by atoms with E-state index in [0.717, 1.165) is 0 Å². The first kappa shape index (κ1) is 14.3. The van der Waals surface area contributed by atoms with Crippen molar-refractivity contribution in [1.29, 1.82) is 0 Å². The van der Waals surface area contributed by atoms with E-state index in [4.69, 9.17) is 19.6 Å². The Balaban J connectivity index is 2.16. The third kappa shape index (κ3) is 2.27. The number of benzene rings is 1. The molecule has 0 fully saturated rings. The summed E-state index contributed by atoms with van der Waals surface area (Å²) in [6, 6.07) is 2.70. The standard InChI is InChI=1S/C14H16N4O4/c1-7-16-17-13(22-7)8-4-10-12(5-11(8)20-3)21-6-9(15)14(19)18(10)2/h4-5,9H,6,15H2,1-3H3. The molecule has 0 radical (unpaired) electrons. The van der Waals surface area contributed by atoms with E-state index in [0.29, 0.717) is 34.5 Å². The van der Waals surface area contributed by atoms with E-state index in [-0.39, 0.29) is 12.5 Å². The molecule has 0 bridgehead atoms. The van der Waals surface area contributed by atoms with Crippen molar-refractivity contribution in [2.45, 2.75) is 13.0 Å². The number of rotatable bonds is 2. The highest BCUT2D eigenvalue weighted by Gasteiger charge is 2.28. The van der Waals surface area contributed by atoms with Gasteiger partial charge in [0.2, 0.25) is 11.8 Å². The van der Waals surface area contributed by atoms with Crippen molar-refractivity contribution >= 4 is 11.6 Å². The lowest BCUT2D eigenvalue weighted by Crippen LogP contribution is -2.43. The van der Waals surface area contributed by atoms with Gasteiger partial charge in [-0.3, -0.25) is 4.79 Å². The van der Waals surface area contributed by atoms with Crippen LogP contribution in [0.1, 0.15) is 5.89 Å². The number of carbonyl (C=O) groups is 1. The number of aryl methyl sites for hydroxylation is 1. The van der Waals surface area contributed by atoms with Crippen molar-refractivity contribution in [3.05, 3.63) is 18.0 Å². The first-order chi connectivity index (χ1) is 10.5. The van der Waals surface area contributed by atoms with Gasteiger partial charge in [-0.15, -0.1) is 10.2 Å².